The normalized spacial score (nSPS) is 31.3. The first-order chi connectivity index (χ1) is 7.31. The van der Waals surface area contributed by atoms with Crippen molar-refractivity contribution in [3.63, 3.8) is 0 Å². The van der Waals surface area contributed by atoms with Crippen LogP contribution in [-0.2, 0) is 4.79 Å². The van der Waals surface area contributed by atoms with E-state index in [1.807, 2.05) is 0 Å². The zero-order valence-corrected chi connectivity index (χ0v) is 9.59. The smallest absolute Gasteiger partial charge is 0.220 e. The second-order valence-electron chi connectivity index (χ2n) is 4.91. The van der Waals surface area contributed by atoms with Gasteiger partial charge in [-0.25, -0.2) is 0 Å². The van der Waals surface area contributed by atoms with E-state index in [9.17, 15) is 4.79 Å². The quantitative estimate of drug-likeness (QED) is 0.734. The number of hydrogen-bond donors (Lipinski definition) is 2. The summed E-state index contributed by atoms with van der Waals surface area (Å²) in [5.41, 5.74) is 0. The maximum absolute atomic E-state index is 11.4. The van der Waals surface area contributed by atoms with Crippen LogP contribution in [0.1, 0.15) is 39.0 Å². The Morgan fingerprint density at radius 2 is 2.13 bits per heavy atom. The fourth-order valence-electron chi connectivity index (χ4n) is 2.68. The highest BCUT2D eigenvalue weighted by atomic mass is 16.1. The first kappa shape index (κ1) is 10.9. The number of carbonyl (C=O) groups is 1. The predicted octanol–water partition coefficient (Wildman–Crippen LogP) is 1.29. The maximum atomic E-state index is 11.4. The monoisotopic (exact) mass is 210 g/mol. The summed E-state index contributed by atoms with van der Waals surface area (Å²) < 4.78 is 0. The molecule has 1 aliphatic heterocycles. The lowest BCUT2D eigenvalue weighted by atomic mass is 9.93. The lowest BCUT2D eigenvalue weighted by molar-refractivity contribution is -0.121. The summed E-state index contributed by atoms with van der Waals surface area (Å²) in [7, 11) is 0. The fourth-order valence-corrected chi connectivity index (χ4v) is 2.68. The van der Waals surface area contributed by atoms with E-state index in [2.05, 4.69) is 17.6 Å². The van der Waals surface area contributed by atoms with Crippen molar-refractivity contribution in [1.29, 1.82) is 0 Å². The minimum atomic E-state index is 0.249. The molecule has 0 aromatic carbocycles. The van der Waals surface area contributed by atoms with E-state index in [0.29, 0.717) is 12.5 Å². The third kappa shape index (κ3) is 2.94. The van der Waals surface area contributed by atoms with Crippen LogP contribution in [0.15, 0.2) is 0 Å². The SMILES string of the molecule is CCCC(=O)N[C@@H]1C[C@H]1C1CCNCC1. The van der Waals surface area contributed by atoms with Crippen molar-refractivity contribution in [2.45, 2.75) is 45.1 Å². The molecule has 2 fully saturated rings. The van der Waals surface area contributed by atoms with Gasteiger partial charge in [0, 0.05) is 12.5 Å². The van der Waals surface area contributed by atoms with Gasteiger partial charge in [0.05, 0.1) is 0 Å². The predicted molar refractivity (Wildman–Crippen MR) is 60.5 cm³/mol. The highest BCUT2D eigenvalue weighted by molar-refractivity contribution is 5.76. The Hall–Kier alpha value is -0.570. The number of rotatable bonds is 4. The van der Waals surface area contributed by atoms with E-state index in [1.165, 1.54) is 19.3 Å². The van der Waals surface area contributed by atoms with Crippen molar-refractivity contribution in [3.05, 3.63) is 0 Å². The Bertz CT molecular complexity index is 224. The molecule has 2 N–H and O–H groups in total. The largest absolute Gasteiger partial charge is 0.353 e. The topological polar surface area (TPSA) is 41.1 Å². The summed E-state index contributed by atoms with van der Waals surface area (Å²) in [5, 5.41) is 6.53. The standard InChI is InChI=1S/C12H22N2O/c1-2-3-12(15)14-11-8-10(11)9-4-6-13-7-5-9/h9-11,13H,2-8H2,1H3,(H,14,15)/t10-,11+/m0/s1. The molecular weight excluding hydrogens is 188 g/mol. The molecule has 0 spiro atoms. The molecule has 2 atom stereocenters. The maximum Gasteiger partial charge on any atom is 0.220 e. The second-order valence-corrected chi connectivity index (χ2v) is 4.91. The highest BCUT2D eigenvalue weighted by Gasteiger charge is 2.43. The molecule has 0 bridgehead atoms. The number of nitrogens with one attached hydrogen (secondary N) is 2. The summed E-state index contributed by atoms with van der Waals surface area (Å²) in [5.74, 6) is 1.89. The lowest BCUT2D eigenvalue weighted by Crippen LogP contribution is -2.32. The van der Waals surface area contributed by atoms with Gasteiger partial charge in [0.1, 0.15) is 0 Å². The van der Waals surface area contributed by atoms with Gasteiger partial charge in [0.2, 0.25) is 5.91 Å². The molecule has 0 aromatic heterocycles. The molecule has 1 saturated carbocycles. The number of hydrogen-bond acceptors (Lipinski definition) is 2. The first-order valence-electron chi connectivity index (χ1n) is 6.31. The molecule has 86 valence electrons. The van der Waals surface area contributed by atoms with Crippen LogP contribution < -0.4 is 10.6 Å². The average Bonchev–Trinajstić information content (AvgIpc) is 2.99. The van der Waals surface area contributed by atoms with Gasteiger partial charge in [-0.1, -0.05) is 6.92 Å². The fraction of sp³-hybridized carbons (Fsp3) is 0.917. The molecule has 15 heavy (non-hydrogen) atoms. The van der Waals surface area contributed by atoms with Crippen LogP contribution in [0.3, 0.4) is 0 Å². The third-order valence-corrected chi connectivity index (χ3v) is 3.65. The van der Waals surface area contributed by atoms with Crippen LogP contribution in [0.25, 0.3) is 0 Å². The van der Waals surface area contributed by atoms with Crippen LogP contribution >= 0.6 is 0 Å². The van der Waals surface area contributed by atoms with Gasteiger partial charge in [0.15, 0.2) is 0 Å². The Balaban J connectivity index is 1.68. The van der Waals surface area contributed by atoms with Crippen molar-refractivity contribution in [1.82, 2.24) is 10.6 Å². The summed E-state index contributed by atoms with van der Waals surface area (Å²) in [6.45, 7) is 4.38. The van der Waals surface area contributed by atoms with Gasteiger partial charge in [0.25, 0.3) is 0 Å². The van der Waals surface area contributed by atoms with Crippen LogP contribution in [-0.4, -0.2) is 25.0 Å². The van der Waals surface area contributed by atoms with Crippen molar-refractivity contribution in [3.8, 4) is 0 Å². The molecule has 2 aliphatic rings. The second kappa shape index (κ2) is 4.97. The van der Waals surface area contributed by atoms with E-state index in [4.69, 9.17) is 0 Å². The molecule has 3 heteroatoms. The average molecular weight is 210 g/mol. The molecule has 2 rings (SSSR count). The van der Waals surface area contributed by atoms with Crippen LogP contribution in [0.2, 0.25) is 0 Å². The zero-order chi connectivity index (χ0) is 10.7. The molecular formula is C12H22N2O. The summed E-state index contributed by atoms with van der Waals surface area (Å²) in [6, 6.07) is 0.507. The van der Waals surface area contributed by atoms with Crippen molar-refractivity contribution >= 4 is 5.91 Å². The minimum absolute atomic E-state index is 0.249. The number of carbonyl (C=O) groups excluding carboxylic acids is 1. The number of amides is 1. The van der Waals surface area contributed by atoms with Crippen molar-refractivity contribution in [2.75, 3.05) is 13.1 Å². The summed E-state index contributed by atoms with van der Waals surface area (Å²) >= 11 is 0. The van der Waals surface area contributed by atoms with E-state index < -0.39 is 0 Å². The van der Waals surface area contributed by atoms with Crippen LogP contribution in [0.5, 0.6) is 0 Å². The van der Waals surface area contributed by atoms with Gasteiger partial charge in [-0.15, -0.1) is 0 Å². The van der Waals surface area contributed by atoms with Crippen molar-refractivity contribution in [2.24, 2.45) is 11.8 Å². The Morgan fingerprint density at radius 3 is 2.80 bits per heavy atom. The lowest BCUT2D eigenvalue weighted by Gasteiger charge is -2.22. The van der Waals surface area contributed by atoms with Gasteiger partial charge >= 0.3 is 0 Å². The molecule has 3 nitrogen and oxygen atoms in total. The molecule has 0 unspecified atom stereocenters. The molecule has 1 heterocycles. The third-order valence-electron chi connectivity index (χ3n) is 3.65. The summed E-state index contributed by atoms with van der Waals surface area (Å²) in [4.78, 5) is 11.4. The Kier molecular flexibility index (Phi) is 3.62. The van der Waals surface area contributed by atoms with Gasteiger partial charge in [-0.05, 0) is 50.6 Å². The highest BCUT2D eigenvalue weighted by Crippen LogP contribution is 2.41. The summed E-state index contributed by atoms with van der Waals surface area (Å²) in [6.07, 6.45) is 5.46. The molecule has 1 saturated heterocycles. The molecule has 1 amide bonds. The first-order valence-corrected chi connectivity index (χ1v) is 6.31. The molecule has 0 radical (unpaired) electrons. The van der Waals surface area contributed by atoms with Crippen molar-refractivity contribution < 1.29 is 4.79 Å². The van der Waals surface area contributed by atoms with E-state index in [1.54, 1.807) is 0 Å². The van der Waals surface area contributed by atoms with E-state index in [0.717, 1.165) is 31.3 Å². The zero-order valence-electron chi connectivity index (χ0n) is 9.59. The molecule has 0 aromatic rings. The van der Waals surface area contributed by atoms with Crippen LogP contribution in [0.4, 0.5) is 0 Å². The van der Waals surface area contributed by atoms with Gasteiger partial charge in [-0.3, -0.25) is 4.79 Å². The van der Waals surface area contributed by atoms with E-state index >= 15 is 0 Å². The van der Waals surface area contributed by atoms with Crippen LogP contribution in [0, 0.1) is 11.8 Å². The minimum Gasteiger partial charge on any atom is -0.353 e. The van der Waals surface area contributed by atoms with E-state index in [-0.39, 0.29) is 5.91 Å². The Labute approximate surface area is 92.0 Å². The van der Waals surface area contributed by atoms with Gasteiger partial charge < -0.3 is 10.6 Å². The van der Waals surface area contributed by atoms with Gasteiger partial charge in [-0.2, -0.15) is 0 Å². The molecule has 1 aliphatic carbocycles. The number of piperidine rings is 1. The Morgan fingerprint density at radius 1 is 1.40 bits per heavy atom.